The molecule has 78 valence electrons. The lowest BCUT2D eigenvalue weighted by Crippen LogP contribution is -2.16. The van der Waals surface area contributed by atoms with Gasteiger partial charge in [-0.1, -0.05) is 0 Å². The highest BCUT2D eigenvalue weighted by molar-refractivity contribution is 5.55. The minimum Gasteiger partial charge on any atom is -0.361 e. The summed E-state index contributed by atoms with van der Waals surface area (Å²) >= 11 is 0. The molecule has 0 radical (unpaired) electrons. The van der Waals surface area contributed by atoms with E-state index in [9.17, 15) is 10.1 Å². The average Bonchev–Trinajstić information content (AvgIpc) is 2.18. The first-order valence-electron chi connectivity index (χ1n) is 4.44. The number of pyridine rings is 1. The molecular weight excluding hydrogens is 194 g/mol. The molecule has 0 fully saturated rings. The minimum absolute atomic E-state index is 0.0383. The van der Waals surface area contributed by atoms with Crippen molar-refractivity contribution in [3.05, 3.63) is 28.4 Å². The lowest BCUT2D eigenvalue weighted by molar-refractivity contribution is -0.384. The lowest BCUT2D eigenvalue weighted by Gasteiger charge is -2.10. The maximum atomic E-state index is 10.6. The van der Waals surface area contributed by atoms with Crippen molar-refractivity contribution in [3.8, 4) is 12.3 Å². The Morgan fingerprint density at radius 2 is 2.53 bits per heavy atom. The summed E-state index contributed by atoms with van der Waals surface area (Å²) < 4.78 is 0. The molecule has 5 nitrogen and oxygen atoms in total. The highest BCUT2D eigenvalue weighted by Crippen LogP contribution is 2.21. The van der Waals surface area contributed by atoms with Gasteiger partial charge in [0.25, 0.3) is 0 Å². The Balaban J connectivity index is 2.85. The number of terminal acetylenes is 1. The largest absolute Gasteiger partial charge is 0.361 e. The van der Waals surface area contributed by atoms with E-state index in [1.807, 2.05) is 6.92 Å². The predicted octanol–water partition coefficient (Wildman–Crippen LogP) is 1.81. The Hall–Kier alpha value is -2.09. The number of aromatic nitrogens is 1. The van der Waals surface area contributed by atoms with Crippen molar-refractivity contribution in [2.45, 2.75) is 19.4 Å². The Morgan fingerprint density at radius 1 is 1.80 bits per heavy atom. The first kappa shape index (κ1) is 11.0. The number of hydrogen-bond donors (Lipinski definition) is 1. The van der Waals surface area contributed by atoms with Gasteiger partial charge in [-0.15, -0.1) is 12.3 Å². The molecule has 0 aliphatic carbocycles. The van der Waals surface area contributed by atoms with E-state index in [2.05, 4.69) is 16.2 Å². The number of anilines is 1. The molecule has 0 saturated heterocycles. The second-order valence-corrected chi connectivity index (χ2v) is 3.08. The van der Waals surface area contributed by atoms with Gasteiger partial charge in [0.2, 0.25) is 5.82 Å². The molecule has 0 spiro atoms. The van der Waals surface area contributed by atoms with Crippen molar-refractivity contribution >= 4 is 11.5 Å². The van der Waals surface area contributed by atoms with E-state index in [0.29, 0.717) is 6.42 Å². The van der Waals surface area contributed by atoms with Crippen molar-refractivity contribution < 1.29 is 4.92 Å². The van der Waals surface area contributed by atoms with Crippen molar-refractivity contribution in [3.63, 3.8) is 0 Å². The molecule has 1 rings (SSSR count). The van der Waals surface area contributed by atoms with Crippen LogP contribution in [0.2, 0.25) is 0 Å². The minimum atomic E-state index is -0.474. The van der Waals surface area contributed by atoms with E-state index in [1.54, 1.807) is 0 Å². The third-order valence-electron chi connectivity index (χ3n) is 1.79. The van der Waals surface area contributed by atoms with Crippen LogP contribution in [-0.2, 0) is 0 Å². The van der Waals surface area contributed by atoms with Gasteiger partial charge in [-0.05, 0) is 13.0 Å². The number of hydrogen-bond acceptors (Lipinski definition) is 4. The lowest BCUT2D eigenvalue weighted by atomic mass is 10.2. The van der Waals surface area contributed by atoms with Gasteiger partial charge >= 0.3 is 5.69 Å². The molecule has 1 aromatic rings. The Morgan fingerprint density at radius 3 is 3.13 bits per heavy atom. The van der Waals surface area contributed by atoms with Crippen LogP contribution in [0.5, 0.6) is 0 Å². The fourth-order valence-electron chi connectivity index (χ4n) is 1.12. The van der Waals surface area contributed by atoms with Crippen molar-refractivity contribution in [1.29, 1.82) is 0 Å². The summed E-state index contributed by atoms with van der Waals surface area (Å²) in [4.78, 5) is 14.1. The highest BCUT2D eigenvalue weighted by Gasteiger charge is 2.15. The first-order chi connectivity index (χ1) is 7.15. The average molecular weight is 205 g/mol. The number of nitrogens with zero attached hydrogens (tertiary/aromatic N) is 2. The van der Waals surface area contributed by atoms with Crippen molar-refractivity contribution in [2.75, 3.05) is 5.32 Å². The summed E-state index contributed by atoms with van der Waals surface area (Å²) in [5.41, 5.74) is -0.0404. The predicted molar refractivity (Wildman–Crippen MR) is 57.4 cm³/mol. The maximum Gasteiger partial charge on any atom is 0.311 e. The smallest absolute Gasteiger partial charge is 0.311 e. The molecule has 15 heavy (non-hydrogen) atoms. The monoisotopic (exact) mass is 205 g/mol. The molecule has 0 aliphatic heterocycles. The fourth-order valence-corrected chi connectivity index (χ4v) is 1.12. The van der Waals surface area contributed by atoms with Crippen LogP contribution in [0.3, 0.4) is 0 Å². The molecule has 0 amide bonds. The van der Waals surface area contributed by atoms with Gasteiger partial charge in [0.15, 0.2) is 0 Å². The zero-order valence-electron chi connectivity index (χ0n) is 8.30. The van der Waals surface area contributed by atoms with E-state index < -0.39 is 4.92 Å². The molecule has 1 aromatic heterocycles. The molecule has 1 heterocycles. The number of nitrogens with one attached hydrogen (secondary N) is 1. The molecule has 0 saturated carbocycles. The van der Waals surface area contributed by atoms with Gasteiger partial charge in [0.1, 0.15) is 0 Å². The number of rotatable bonds is 4. The molecule has 1 N–H and O–H groups in total. The Labute approximate surface area is 87.7 Å². The maximum absolute atomic E-state index is 10.6. The van der Waals surface area contributed by atoms with Gasteiger partial charge < -0.3 is 5.32 Å². The van der Waals surface area contributed by atoms with Crippen LogP contribution in [0.4, 0.5) is 11.5 Å². The fraction of sp³-hybridized carbons (Fsp3) is 0.300. The molecule has 1 unspecified atom stereocenters. The van der Waals surface area contributed by atoms with E-state index in [1.165, 1.54) is 18.3 Å². The van der Waals surface area contributed by atoms with Crippen LogP contribution in [0.25, 0.3) is 0 Å². The molecule has 1 atom stereocenters. The van der Waals surface area contributed by atoms with E-state index in [4.69, 9.17) is 6.42 Å². The second-order valence-electron chi connectivity index (χ2n) is 3.08. The topological polar surface area (TPSA) is 68.1 Å². The van der Waals surface area contributed by atoms with Gasteiger partial charge in [0.05, 0.1) is 4.92 Å². The SMILES string of the molecule is C#CCC(C)Nc1ncccc1[N+](=O)[O-]. The summed E-state index contributed by atoms with van der Waals surface area (Å²) in [6.07, 6.45) is 7.13. The van der Waals surface area contributed by atoms with Crippen LogP contribution in [-0.4, -0.2) is 15.9 Å². The zero-order chi connectivity index (χ0) is 11.3. The summed E-state index contributed by atoms with van der Waals surface area (Å²) in [7, 11) is 0. The standard InChI is InChI=1S/C10H11N3O2/c1-3-5-8(2)12-10-9(13(14)15)6-4-7-11-10/h1,4,6-8H,5H2,2H3,(H,11,12). The van der Waals surface area contributed by atoms with Gasteiger partial charge in [-0.25, -0.2) is 4.98 Å². The third-order valence-corrected chi connectivity index (χ3v) is 1.79. The summed E-state index contributed by atoms with van der Waals surface area (Å²) in [5.74, 6) is 2.73. The summed E-state index contributed by atoms with van der Waals surface area (Å²) in [6.45, 7) is 1.85. The molecule has 0 aromatic carbocycles. The van der Waals surface area contributed by atoms with E-state index >= 15 is 0 Å². The van der Waals surface area contributed by atoms with Crippen LogP contribution in [0.1, 0.15) is 13.3 Å². The summed E-state index contributed by atoms with van der Waals surface area (Å²) in [6, 6.07) is 2.89. The molecule has 5 heteroatoms. The van der Waals surface area contributed by atoms with E-state index in [0.717, 1.165) is 0 Å². The van der Waals surface area contributed by atoms with Gasteiger partial charge in [-0.3, -0.25) is 10.1 Å². The third kappa shape index (κ3) is 2.95. The van der Waals surface area contributed by atoms with Crippen LogP contribution in [0.15, 0.2) is 18.3 Å². The van der Waals surface area contributed by atoms with Crippen LogP contribution >= 0.6 is 0 Å². The molecule has 0 aliphatic rings. The second kappa shape index (κ2) is 4.96. The normalized spacial score (nSPS) is 11.5. The van der Waals surface area contributed by atoms with Crippen LogP contribution in [0, 0.1) is 22.5 Å². The van der Waals surface area contributed by atoms with Gasteiger partial charge in [0, 0.05) is 24.7 Å². The first-order valence-corrected chi connectivity index (χ1v) is 4.44. The quantitative estimate of drug-likeness (QED) is 0.462. The van der Waals surface area contributed by atoms with Crippen molar-refractivity contribution in [2.24, 2.45) is 0 Å². The number of nitro groups is 1. The Kier molecular flexibility index (Phi) is 3.63. The van der Waals surface area contributed by atoms with Crippen LogP contribution < -0.4 is 5.32 Å². The van der Waals surface area contributed by atoms with E-state index in [-0.39, 0.29) is 17.5 Å². The molecular formula is C10H11N3O2. The molecule has 0 bridgehead atoms. The van der Waals surface area contributed by atoms with Gasteiger partial charge in [-0.2, -0.15) is 0 Å². The zero-order valence-corrected chi connectivity index (χ0v) is 8.30. The Bertz CT molecular complexity index is 398. The summed E-state index contributed by atoms with van der Waals surface area (Å²) in [5, 5.41) is 13.5. The van der Waals surface area contributed by atoms with Crippen molar-refractivity contribution in [1.82, 2.24) is 4.98 Å². The highest BCUT2D eigenvalue weighted by atomic mass is 16.6.